The molecule has 0 bridgehead atoms. The Bertz CT molecular complexity index is 1080. The highest BCUT2D eigenvalue weighted by Gasteiger charge is 2.29. The number of hydrogen-bond acceptors (Lipinski definition) is 4. The molecule has 2 amide bonds. The Morgan fingerprint density at radius 1 is 1.03 bits per heavy atom. The van der Waals surface area contributed by atoms with Crippen LogP contribution in [0.3, 0.4) is 0 Å². The third-order valence-corrected chi connectivity index (χ3v) is 6.77. The van der Waals surface area contributed by atoms with Gasteiger partial charge in [0.25, 0.3) is 0 Å². The zero-order valence-electron chi connectivity index (χ0n) is 19.9. The van der Waals surface area contributed by atoms with Gasteiger partial charge in [-0.1, -0.05) is 56.6 Å². The van der Waals surface area contributed by atoms with Crippen LogP contribution in [0.1, 0.15) is 38.8 Å². The first kappa shape index (κ1) is 26.7. The van der Waals surface area contributed by atoms with Crippen molar-refractivity contribution in [2.75, 3.05) is 24.2 Å². The van der Waals surface area contributed by atoms with Crippen molar-refractivity contribution >= 4 is 39.1 Å². The molecular weight excluding hydrogens is 462 g/mol. The van der Waals surface area contributed by atoms with E-state index in [4.69, 9.17) is 11.6 Å². The molecule has 9 heteroatoms. The van der Waals surface area contributed by atoms with E-state index in [1.54, 1.807) is 43.3 Å². The minimum atomic E-state index is -3.76. The first-order chi connectivity index (χ1) is 15.2. The summed E-state index contributed by atoms with van der Waals surface area (Å²) in [5, 5.41) is 3.10. The standard InChI is InChI=1S/C24H32ClN3O4S/c1-17(23(30)26-5)27(15-18-7-11-20(25)12-8-18)22(29)16-28(33(6,31)32)21-13-9-19(10-14-21)24(2,3)4/h7-14,17H,15-16H2,1-6H3,(H,26,30)/t17-/m1/s1. The number of hydrogen-bond donors (Lipinski definition) is 1. The maximum atomic E-state index is 13.3. The fraction of sp³-hybridized carbons (Fsp3) is 0.417. The molecule has 0 saturated heterocycles. The predicted octanol–water partition coefficient (Wildman–Crippen LogP) is 3.57. The quantitative estimate of drug-likeness (QED) is 0.609. The zero-order valence-corrected chi connectivity index (χ0v) is 21.5. The van der Waals surface area contributed by atoms with Gasteiger partial charge in [0.05, 0.1) is 11.9 Å². The molecule has 0 radical (unpaired) electrons. The van der Waals surface area contributed by atoms with Crippen molar-refractivity contribution in [3.05, 3.63) is 64.7 Å². The van der Waals surface area contributed by atoms with E-state index >= 15 is 0 Å². The molecular formula is C24H32ClN3O4S. The lowest BCUT2D eigenvalue weighted by Crippen LogP contribution is -2.50. The smallest absolute Gasteiger partial charge is 0.244 e. The second-order valence-electron chi connectivity index (χ2n) is 9.00. The van der Waals surface area contributed by atoms with Crippen LogP contribution in [0.4, 0.5) is 5.69 Å². The van der Waals surface area contributed by atoms with Crippen LogP contribution in [0.15, 0.2) is 48.5 Å². The lowest BCUT2D eigenvalue weighted by Gasteiger charge is -2.31. The van der Waals surface area contributed by atoms with Crippen molar-refractivity contribution in [2.45, 2.75) is 45.7 Å². The van der Waals surface area contributed by atoms with Crippen LogP contribution in [-0.2, 0) is 31.6 Å². The van der Waals surface area contributed by atoms with E-state index in [1.807, 2.05) is 12.1 Å². The Morgan fingerprint density at radius 3 is 2.03 bits per heavy atom. The summed E-state index contributed by atoms with van der Waals surface area (Å²) in [4.78, 5) is 27.0. The van der Waals surface area contributed by atoms with Gasteiger partial charge in [0.1, 0.15) is 12.6 Å². The molecule has 1 atom stereocenters. The van der Waals surface area contributed by atoms with E-state index in [0.717, 1.165) is 21.7 Å². The highest BCUT2D eigenvalue weighted by Crippen LogP contribution is 2.26. The van der Waals surface area contributed by atoms with Crippen LogP contribution >= 0.6 is 11.6 Å². The summed E-state index contributed by atoms with van der Waals surface area (Å²) in [6, 6.07) is 13.2. The number of sulfonamides is 1. The summed E-state index contributed by atoms with van der Waals surface area (Å²) in [7, 11) is -2.27. The molecule has 7 nitrogen and oxygen atoms in total. The lowest BCUT2D eigenvalue weighted by atomic mass is 9.87. The topological polar surface area (TPSA) is 86.8 Å². The summed E-state index contributed by atoms with van der Waals surface area (Å²) < 4.78 is 26.2. The molecule has 1 N–H and O–H groups in total. The van der Waals surface area contributed by atoms with Crippen molar-refractivity contribution < 1.29 is 18.0 Å². The third-order valence-electron chi connectivity index (χ3n) is 5.38. The number of amides is 2. The number of benzene rings is 2. The van der Waals surface area contributed by atoms with E-state index in [2.05, 4.69) is 26.1 Å². The van der Waals surface area contributed by atoms with Crippen LogP contribution in [0.5, 0.6) is 0 Å². The average Bonchev–Trinajstić information content (AvgIpc) is 2.74. The SMILES string of the molecule is CNC(=O)[C@@H](C)N(Cc1ccc(Cl)cc1)C(=O)CN(c1ccc(C(C)(C)C)cc1)S(C)(=O)=O. The number of anilines is 1. The Morgan fingerprint density at radius 2 is 1.58 bits per heavy atom. The summed E-state index contributed by atoms with van der Waals surface area (Å²) in [6.07, 6.45) is 1.06. The monoisotopic (exact) mass is 493 g/mol. The first-order valence-corrected chi connectivity index (χ1v) is 12.8. The van der Waals surface area contributed by atoms with Crippen molar-refractivity contribution in [1.82, 2.24) is 10.2 Å². The minimum absolute atomic E-state index is 0.0946. The van der Waals surface area contributed by atoms with Gasteiger partial charge in [-0.15, -0.1) is 0 Å². The van der Waals surface area contributed by atoms with Gasteiger partial charge < -0.3 is 10.2 Å². The van der Waals surface area contributed by atoms with E-state index in [1.165, 1.54) is 11.9 Å². The van der Waals surface area contributed by atoms with Gasteiger partial charge in [-0.2, -0.15) is 0 Å². The van der Waals surface area contributed by atoms with Gasteiger partial charge in [0.2, 0.25) is 21.8 Å². The van der Waals surface area contributed by atoms with E-state index < -0.39 is 28.5 Å². The maximum absolute atomic E-state index is 13.3. The number of nitrogens with one attached hydrogen (secondary N) is 1. The first-order valence-electron chi connectivity index (χ1n) is 10.6. The van der Waals surface area contributed by atoms with Crippen LogP contribution < -0.4 is 9.62 Å². The molecule has 0 aliphatic carbocycles. The molecule has 0 aliphatic heterocycles. The fourth-order valence-electron chi connectivity index (χ4n) is 3.32. The summed E-state index contributed by atoms with van der Waals surface area (Å²) in [6.45, 7) is 7.50. The lowest BCUT2D eigenvalue weighted by molar-refractivity contribution is -0.139. The molecule has 0 unspecified atom stereocenters. The molecule has 0 fully saturated rings. The highest BCUT2D eigenvalue weighted by molar-refractivity contribution is 7.92. The maximum Gasteiger partial charge on any atom is 0.244 e. The number of carbonyl (C=O) groups excluding carboxylic acids is 2. The predicted molar refractivity (Wildman–Crippen MR) is 133 cm³/mol. The molecule has 0 aliphatic rings. The van der Waals surface area contributed by atoms with E-state index in [-0.39, 0.29) is 17.9 Å². The molecule has 0 heterocycles. The number of carbonyl (C=O) groups is 2. The summed E-state index contributed by atoms with van der Waals surface area (Å²) >= 11 is 5.95. The van der Waals surface area contributed by atoms with Crippen molar-refractivity contribution in [2.24, 2.45) is 0 Å². The Hall–Kier alpha value is -2.58. The molecule has 0 saturated carbocycles. The molecule has 0 aromatic heterocycles. The largest absolute Gasteiger partial charge is 0.357 e. The molecule has 2 rings (SSSR count). The molecule has 2 aromatic carbocycles. The number of nitrogens with zero attached hydrogens (tertiary/aromatic N) is 2. The van der Waals surface area contributed by atoms with E-state index in [0.29, 0.717) is 10.7 Å². The Balaban J connectivity index is 2.37. The summed E-state index contributed by atoms with van der Waals surface area (Å²) in [5.41, 5.74) is 2.10. The van der Waals surface area contributed by atoms with Crippen molar-refractivity contribution in [3.8, 4) is 0 Å². The van der Waals surface area contributed by atoms with Crippen LogP contribution in [-0.4, -0.2) is 51.0 Å². The molecule has 2 aromatic rings. The van der Waals surface area contributed by atoms with Gasteiger partial charge in [0.15, 0.2) is 0 Å². The second kappa shape index (κ2) is 10.6. The fourth-order valence-corrected chi connectivity index (χ4v) is 4.30. The van der Waals surface area contributed by atoms with Gasteiger partial charge >= 0.3 is 0 Å². The number of rotatable bonds is 8. The van der Waals surface area contributed by atoms with Crippen molar-refractivity contribution in [1.29, 1.82) is 0 Å². The Kier molecular flexibility index (Phi) is 8.54. The van der Waals surface area contributed by atoms with Crippen molar-refractivity contribution in [3.63, 3.8) is 0 Å². The summed E-state index contributed by atoms with van der Waals surface area (Å²) in [5.74, 6) is -0.843. The van der Waals surface area contributed by atoms with Crippen LogP contribution in [0.2, 0.25) is 5.02 Å². The van der Waals surface area contributed by atoms with Crippen LogP contribution in [0.25, 0.3) is 0 Å². The van der Waals surface area contributed by atoms with Gasteiger partial charge in [0, 0.05) is 18.6 Å². The second-order valence-corrected chi connectivity index (χ2v) is 11.3. The van der Waals surface area contributed by atoms with Gasteiger partial charge in [-0.3, -0.25) is 13.9 Å². The third kappa shape index (κ3) is 7.20. The van der Waals surface area contributed by atoms with Gasteiger partial charge in [-0.25, -0.2) is 8.42 Å². The number of halogens is 1. The normalized spacial score (nSPS) is 12.7. The molecule has 33 heavy (non-hydrogen) atoms. The average molecular weight is 494 g/mol. The van der Waals surface area contributed by atoms with E-state index in [9.17, 15) is 18.0 Å². The molecule has 0 spiro atoms. The van der Waals surface area contributed by atoms with Gasteiger partial charge in [-0.05, 0) is 47.7 Å². The number of likely N-dealkylation sites (N-methyl/N-ethyl adjacent to an activating group) is 1. The minimum Gasteiger partial charge on any atom is -0.357 e. The zero-order chi connectivity index (χ0) is 25.0. The highest BCUT2D eigenvalue weighted by atomic mass is 35.5. The Labute approximate surface area is 201 Å². The van der Waals surface area contributed by atoms with Crippen LogP contribution in [0, 0.1) is 0 Å². The molecule has 180 valence electrons.